The Morgan fingerprint density at radius 2 is 2.21 bits per heavy atom. The SMILES string of the molecule is CCN(C(=O)CS(=O)c1cc(F)ccc1N)C1CC1. The summed E-state index contributed by atoms with van der Waals surface area (Å²) in [4.78, 5) is 14.0. The molecule has 0 heterocycles. The monoisotopic (exact) mass is 284 g/mol. The quantitative estimate of drug-likeness (QED) is 0.834. The van der Waals surface area contributed by atoms with Gasteiger partial charge < -0.3 is 10.6 Å². The van der Waals surface area contributed by atoms with E-state index in [4.69, 9.17) is 5.73 Å². The summed E-state index contributed by atoms with van der Waals surface area (Å²) in [5.74, 6) is -0.801. The number of rotatable bonds is 5. The standard InChI is InChI=1S/C13H17FN2O2S/c1-2-16(10-4-5-10)13(17)8-19(18)12-7-9(14)3-6-11(12)15/h3,6-7,10H,2,4-5,8,15H2,1H3. The normalized spacial score (nSPS) is 16.1. The zero-order valence-electron chi connectivity index (χ0n) is 10.8. The van der Waals surface area contributed by atoms with Crippen molar-refractivity contribution in [2.24, 2.45) is 0 Å². The number of nitrogens with two attached hydrogens (primary N) is 1. The van der Waals surface area contributed by atoms with Gasteiger partial charge in [-0.1, -0.05) is 0 Å². The van der Waals surface area contributed by atoms with Crippen LogP contribution in [0.2, 0.25) is 0 Å². The second-order valence-electron chi connectivity index (χ2n) is 4.58. The van der Waals surface area contributed by atoms with Crippen LogP contribution in [-0.2, 0) is 15.6 Å². The maximum Gasteiger partial charge on any atom is 0.235 e. The molecule has 0 aliphatic heterocycles. The van der Waals surface area contributed by atoms with Crippen molar-refractivity contribution in [3.05, 3.63) is 24.0 Å². The Morgan fingerprint density at radius 3 is 2.79 bits per heavy atom. The van der Waals surface area contributed by atoms with Gasteiger partial charge in [0, 0.05) is 18.3 Å². The van der Waals surface area contributed by atoms with Crippen LogP contribution in [-0.4, -0.2) is 33.4 Å². The predicted octanol–water partition coefficient (Wildman–Crippen LogP) is 1.53. The van der Waals surface area contributed by atoms with Gasteiger partial charge in [-0.05, 0) is 38.0 Å². The Hall–Kier alpha value is -1.43. The topological polar surface area (TPSA) is 63.4 Å². The number of carbonyl (C=O) groups is 1. The molecule has 2 rings (SSSR count). The number of benzene rings is 1. The Kier molecular flexibility index (Phi) is 4.19. The fourth-order valence-corrected chi connectivity index (χ4v) is 3.12. The molecule has 1 fully saturated rings. The number of carbonyl (C=O) groups excluding carboxylic acids is 1. The van der Waals surface area contributed by atoms with Crippen LogP contribution in [0, 0.1) is 5.82 Å². The first-order valence-corrected chi connectivity index (χ1v) is 7.57. The van der Waals surface area contributed by atoms with Crippen LogP contribution >= 0.6 is 0 Å². The van der Waals surface area contributed by atoms with E-state index in [0.29, 0.717) is 12.6 Å². The molecule has 1 atom stereocenters. The first-order chi connectivity index (χ1) is 9.02. The predicted molar refractivity (Wildman–Crippen MR) is 72.5 cm³/mol. The van der Waals surface area contributed by atoms with Crippen molar-refractivity contribution < 1.29 is 13.4 Å². The molecule has 0 radical (unpaired) electrons. The first-order valence-electron chi connectivity index (χ1n) is 6.25. The minimum atomic E-state index is -1.60. The molecule has 1 amide bonds. The molecule has 1 aromatic carbocycles. The van der Waals surface area contributed by atoms with E-state index in [-0.39, 0.29) is 22.2 Å². The molecule has 0 spiro atoms. The van der Waals surface area contributed by atoms with Crippen molar-refractivity contribution >= 4 is 22.4 Å². The van der Waals surface area contributed by atoms with E-state index in [1.807, 2.05) is 6.92 Å². The highest BCUT2D eigenvalue weighted by Crippen LogP contribution is 2.27. The summed E-state index contributed by atoms with van der Waals surface area (Å²) in [5.41, 5.74) is 5.91. The molecule has 4 nitrogen and oxygen atoms in total. The maximum atomic E-state index is 13.1. The van der Waals surface area contributed by atoms with E-state index in [0.717, 1.165) is 18.9 Å². The third kappa shape index (κ3) is 3.32. The molecule has 104 valence electrons. The van der Waals surface area contributed by atoms with Gasteiger partial charge in [-0.25, -0.2) is 4.39 Å². The van der Waals surface area contributed by atoms with Crippen molar-refractivity contribution in [3.63, 3.8) is 0 Å². The zero-order valence-corrected chi connectivity index (χ0v) is 11.6. The van der Waals surface area contributed by atoms with Crippen LogP contribution in [0.25, 0.3) is 0 Å². The average molecular weight is 284 g/mol. The van der Waals surface area contributed by atoms with Crippen molar-refractivity contribution in [2.75, 3.05) is 18.0 Å². The maximum absolute atomic E-state index is 13.1. The van der Waals surface area contributed by atoms with Gasteiger partial charge in [-0.2, -0.15) is 0 Å². The number of hydrogen-bond donors (Lipinski definition) is 1. The van der Waals surface area contributed by atoms with E-state index in [1.165, 1.54) is 12.1 Å². The number of nitrogen functional groups attached to an aromatic ring is 1. The summed E-state index contributed by atoms with van der Waals surface area (Å²) >= 11 is 0. The van der Waals surface area contributed by atoms with Crippen molar-refractivity contribution in [2.45, 2.75) is 30.7 Å². The zero-order chi connectivity index (χ0) is 14.0. The molecular formula is C13H17FN2O2S. The Bertz CT molecular complexity index is 517. The van der Waals surface area contributed by atoms with Gasteiger partial charge in [0.05, 0.1) is 15.7 Å². The van der Waals surface area contributed by atoms with Crippen molar-refractivity contribution in [1.29, 1.82) is 0 Å². The second-order valence-corrected chi connectivity index (χ2v) is 6.00. The van der Waals surface area contributed by atoms with Crippen LogP contribution < -0.4 is 5.73 Å². The van der Waals surface area contributed by atoms with Crippen molar-refractivity contribution in [3.8, 4) is 0 Å². The summed E-state index contributed by atoms with van der Waals surface area (Å²) in [6, 6.07) is 4.00. The molecule has 1 saturated carbocycles. The lowest BCUT2D eigenvalue weighted by Gasteiger charge is -2.20. The summed E-state index contributed by atoms with van der Waals surface area (Å²) in [6.07, 6.45) is 2.02. The van der Waals surface area contributed by atoms with Gasteiger partial charge in [-0.3, -0.25) is 9.00 Å². The van der Waals surface area contributed by atoms with Gasteiger partial charge in [0.1, 0.15) is 11.6 Å². The Balaban J connectivity index is 2.07. The smallest absolute Gasteiger partial charge is 0.235 e. The van der Waals surface area contributed by atoms with E-state index in [2.05, 4.69) is 0 Å². The molecule has 6 heteroatoms. The highest BCUT2D eigenvalue weighted by Gasteiger charge is 2.32. The largest absolute Gasteiger partial charge is 0.398 e. The van der Waals surface area contributed by atoms with Gasteiger partial charge in [0.15, 0.2) is 0 Å². The van der Waals surface area contributed by atoms with Gasteiger partial charge in [-0.15, -0.1) is 0 Å². The van der Waals surface area contributed by atoms with Crippen LogP contribution in [0.4, 0.5) is 10.1 Å². The Labute approximate surface area is 114 Å². The molecule has 0 saturated heterocycles. The Morgan fingerprint density at radius 1 is 1.53 bits per heavy atom. The minimum absolute atomic E-state index is 0.141. The molecule has 2 N–H and O–H groups in total. The summed E-state index contributed by atoms with van der Waals surface area (Å²) in [6.45, 7) is 2.51. The lowest BCUT2D eigenvalue weighted by molar-refractivity contribution is -0.128. The summed E-state index contributed by atoms with van der Waals surface area (Å²) in [5, 5.41) is 0. The third-order valence-electron chi connectivity index (χ3n) is 3.12. The summed E-state index contributed by atoms with van der Waals surface area (Å²) in [7, 11) is -1.60. The van der Waals surface area contributed by atoms with E-state index < -0.39 is 16.6 Å². The lowest BCUT2D eigenvalue weighted by Crippen LogP contribution is -2.36. The van der Waals surface area contributed by atoms with Crippen LogP contribution in [0.3, 0.4) is 0 Å². The summed E-state index contributed by atoms with van der Waals surface area (Å²) < 4.78 is 25.2. The van der Waals surface area contributed by atoms with Gasteiger partial charge in [0.2, 0.25) is 5.91 Å². The third-order valence-corrected chi connectivity index (χ3v) is 4.48. The molecule has 0 bridgehead atoms. The molecule has 19 heavy (non-hydrogen) atoms. The molecule has 1 aromatic rings. The lowest BCUT2D eigenvalue weighted by atomic mass is 10.3. The van der Waals surface area contributed by atoms with Gasteiger partial charge in [0.25, 0.3) is 0 Å². The molecular weight excluding hydrogens is 267 g/mol. The average Bonchev–Trinajstić information content (AvgIpc) is 3.17. The highest BCUT2D eigenvalue weighted by molar-refractivity contribution is 7.86. The first kappa shape index (κ1) is 14.0. The van der Waals surface area contributed by atoms with Gasteiger partial charge >= 0.3 is 0 Å². The number of halogens is 1. The van der Waals surface area contributed by atoms with E-state index in [1.54, 1.807) is 4.90 Å². The fraction of sp³-hybridized carbons (Fsp3) is 0.462. The van der Waals surface area contributed by atoms with Crippen molar-refractivity contribution in [1.82, 2.24) is 4.90 Å². The number of nitrogens with zero attached hydrogens (tertiary/aromatic N) is 1. The number of hydrogen-bond acceptors (Lipinski definition) is 3. The molecule has 1 unspecified atom stereocenters. The highest BCUT2D eigenvalue weighted by atomic mass is 32.2. The number of anilines is 1. The minimum Gasteiger partial charge on any atom is -0.398 e. The molecule has 1 aliphatic carbocycles. The van der Waals surface area contributed by atoms with E-state index in [9.17, 15) is 13.4 Å². The number of amides is 1. The van der Waals surface area contributed by atoms with Crippen LogP contribution in [0.5, 0.6) is 0 Å². The second kappa shape index (κ2) is 5.69. The molecule has 0 aromatic heterocycles. The van der Waals surface area contributed by atoms with Crippen LogP contribution in [0.1, 0.15) is 19.8 Å². The van der Waals surface area contributed by atoms with Crippen LogP contribution in [0.15, 0.2) is 23.1 Å². The fourth-order valence-electron chi connectivity index (χ4n) is 2.00. The molecule has 1 aliphatic rings. The van der Waals surface area contributed by atoms with E-state index >= 15 is 0 Å².